The Bertz CT molecular complexity index is 302. The Hall–Kier alpha value is -0.910. The van der Waals surface area contributed by atoms with E-state index in [4.69, 9.17) is 4.74 Å². The van der Waals surface area contributed by atoms with E-state index >= 15 is 0 Å². The molecule has 17 heavy (non-hydrogen) atoms. The highest BCUT2D eigenvalue weighted by atomic mass is 32.2. The third kappa shape index (κ3) is 5.30. The van der Waals surface area contributed by atoms with Gasteiger partial charge in [-0.3, -0.25) is 9.52 Å². The standard InChI is InChI=1S/C11H22N2O3S/c1-9(14)13-6-5-7-17(8-13)12-10(15)16-11(2,3)4/h17H,5-8H2,1-4H3,(H,12,15). The maximum atomic E-state index is 11.6. The second-order valence-electron chi connectivity index (χ2n) is 5.15. The maximum Gasteiger partial charge on any atom is 0.416 e. The van der Waals surface area contributed by atoms with Gasteiger partial charge in [0.05, 0.1) is 5.88 Å². The van der Waals surface area contributed by atoms with Crippen LogP contribution in [-0.4, -0.2) is 40.7 Å². The second kappa shape index (κ2) is 5.62. The zero-order valence-corrected chi connectivity index (χ0v) is 11.8. The highest BCUT2D eigenvalue weighted by Gasteiger charge is 2.22. The number of nitrogens with one attached hydrogen (secondary N) is 1. The van der Waals surface area contributed by atoms with Crippen molar-refractivity contribution in [2.45, 2.75) is 39.7 Å². The lowest BCUT2D eigenvalue weighted by atomic mass is 10.2. The minimum absolute atomic E-state index is 0.0724. The van der Waals surface area contributed by atoms with E-state index in [0.29, 0.717) is 5.88 Å². The second-order valence-corrected chi connectivity index (χ2v) is 7.19. The van der Waals surface area contributed by atoms with Gasteiger partial charge in [0.25, 0.3) is 0 Å². The summed E-state index contributed by atoms with van der Waals surface area (Å²) in [5.41, 5.74) is -0.477. The topological polar surface area (TPSA) is 58.6 Å². The van der Waals surface area contributed by atoms with Gasteiger partial charge in [0, 0.05) is 13.5 Å². The molecule has 1 rings (SSSR count). The quantitative estimate of drug-likeness (QED) is 0.706. The van der Waals surface area contributed by atoms with Crippen molar-refractivity contribution in [1.82, 2.24) is 9.62 Å². The number of hydrogen-bond acceptors (Lipinski definition) is 3. The Kier molecular flexibility index (Phi) is 4.68. The molecule has 0 aromatic heterocycles. The van der Waals surface area contributed by atoms with Gasteiger partial charge >= 0.3 is 6.09 Å². The van der Waals surface area contributed by atoms with E-state index in [1.54, 1.807) is 11.8 Å². The number of nitrogens with zero attached hydrogens (tertiary/aromatic N) is 1. The van der Waals surface area contributed by atoms with Crippen LogP contribution in [0.15, 0.2) is 0 Å². The highest BCUT2D eigenvalue weighted by Crippen LogP contribution is 2.27. The molecule has 0 radical (unpaired) electrons. The summed E-state index contributed by atoms with van der Waals surface area (Å²) in [7, 11) is 0. The van der Waals surface area contributed by atoms with Gasteiger partial charge in [-0.1, -0.05) is 0 Å². The van der Waals surface area contributed by atoms with Crippen molar-refractivity contribution in [2.75, 3.05) is 18.2 Å². The van der Waals surface area contributed by atoms with E-state index in [1.165, 1.54) is 0 Å². The van der Waals surface area contributed by atoms with Crippen LogP contribution in [0.3, 0.4) is 0 Å². The number of ether oxygens (including phenoxy) is 1. The molecule has 1 atom stereocenters. The molecule has 1 aliphatic rings. The number of amides is 2. The summed E-state index contributed by atoms with van der Waals surface area (Å²) in [6.45, 7) is 7.87. The van der Waals surface area contributed by atoms with Gasteiger partial charge in [0.15, 0.2) is 0 Å². The number of carbonyl (C=O) groups is 2. The molecule has 5 nitrogen and oxygen atoms in total. The fourth-order valence-electron chi connectivity index (χ4n) is 1.58. The molecule has 0 aromatic carbocycles. The van der Waals surface area contributed by atoms with Gasteiger partial charge in [-0.05, 0) is 32.9 Å². The van der Waals surface area contributed by atoms with Gasteiger partial charge in [0.1, 0.15) is 5.60 Å². The van der Waals surface area contributed by atoms with Crippen molar-refractivity contribution in [1.29, 1.82) is 0 Å². The first-order valence-electron chi connectivity index (χ1n) is 5.78. The molecule has 100 valence electrons. The summed E-state index contributed by atoms with van der Waals surface area (Å²) in [6, 6.07) is 0. The molecule has 1 N–H and O–H groups in total. The molecular weight excluding hydrogens is 240 g/mol. The first-order chi connectivity index (χ1) is 7.78. The van der Waals surface area contributed by atoms with Crippen LogP contribution in [-0.2, 0) is 9.53 Å². The maximum absolute atomic E-state index is 11.6. The van der Waals surface area contributed by atoms with Gasteiger partial charge in [-0.25, -0.2) is 4.79 Å². The molecule has 1 saturated heterocycles. The summed E-state index contributed by atoms with van der Waals surface area (Å²) in [6.07, 6.45) is 0.565. The monoisotopic (exact) mass is 262 g/mol. The van der Waals surface area contributed by atoms with E-state index in [0.717, 1.165) is 18.7 Å². The van der Waals surface area contributed by atoms with Crippen LogP contribution >= 0.6 is 11.1 Å². The predicted octanol–water partition coefficient (Wildman–Crippen LogP) is 1.64. The average Bonchev–Trinajstić information content (AvgIpc) is 2.14. The van der Waals surface area contributed by atoms with Crippen LogP contribution < -0.4 is 4.72 Å². The van der Waals surface area contributed by atoms with Gasteiger partial charge in [0.2, 0.25) is 5.91 Å². The summed E-state index contributed by atoms with van der Waals surface area (Å²) in [5, 5.41) is 0. The fraction of sp³-hybridized carbons (Fsp3) is 0.818. The van der Waals surface area contributed by atoms with Gasteiger partial charge in [-0.15, -0.1) is 0 Å². The third-order valence-electron chi connectivity index (χ3n) is 2.29. The number of rotatable bonds is 1. The summed E-state index contributed by atoms with van der Waals surface area (Å²) in [4.78, 5) is 24.6. The lowest BCUT2D eigenvalue weighted by Gasteiger charge is -2.35. The SMILES string of the molecule is CC(=O)N1CCC[SH](NC(=O)OC(C)(C)C)C1. The molecule has 0 aromatic rings. The normalized spacial score (nSPS) is 23.1. The van der Waals surface area contributed by atoms with E-state index in [-0.39, 0.29) is 12.0 Å². The molecule has 6 heteroatoms. The molecule has 1 heterocycles. The van der Waals surface area contributed by atoms with Crippen LogP contribution in [0.1, 0.15) is 34.1 Å². The zero-order valence-electron chi connectivity index (χ0n) is 10.9. The van der Waals surface area contributed by atoms with Crippen molar-refractivity contribution in [3.8, 4) is 0 Å². The Balaban J connectivity index is 2.41. The van der Waals surface area contributed by atoms with Crippen LogP contribution in [0.25, 0.3) is 0 Å². The summed E-state index contributed by atoms with van der Waals surface area (Å²) in [5.74, 6) is 1.67. The third-order valence-corrected chi connectivity index (χ3v) is 4.33. The van der Waals surface area contributed by atoms with E-state index in [1.807, 2.05) is 20.8 Å². The average molecular weight is 262 g/mol. The van der Waals surface area contributed by atoms with Crippen LogP contribution in [0.2, 0.25) is 0 Å². The lowest BCUT2D eigenvalue weighted by Crippen LogP contribution is -2.40. The highest BCUT2D eigenvalue weighted by molar-refractivity contribution is 8.15. The first kappa shape index (κ1) is 14.2. The summed E-state index contributed by atoms with van der Waals surface area (Å²) >= 11 is -0.655. The van der Waals surface area contributed by atoms with Crippen LogP contribution in [0.5, 0.6) is 0 Å². The van der Waals surface area contributed by atoms with Crippen molar-refractivity contribution in [3.63, 3.8) is 0 Å². The minimum Gasteiger partial charge on any atom is -0.443 e. The minimum atomic E-state index is -0.655. The van der Waals surface area contributed by atoms with Crippen LogP contribution in [0.4, 0.5) is 4.79 Å². The Morgan fingerprint density at radius 1 is 1.35 bits per heavy atom. The van der Waals surface area contributed by atoms with E-state index in [9.17, 15) is 9.59 Å². The molecular formula is C11H22N2O3S. The summed E-state index contributed by atoms with van der Waals surface area (Å²) < 4.78 is 8.07. The lowest BCUT2D eigenvalue weighted by molar-refractivity contribution is -0.128. The number of carbonyl (C=O) groups excluding carboxylic acids is 2. The van der Waals surface area contributed by atoms with Crippen molar-refractivity contribution >= 4 is 23.1 Å². The van der Waals surface area contributed by atoms with E-state index in [2.05, 4.69) is 4.72 Å². The molecule has 0 bridgehead atoms. The smallest absolute Gasteiger partial charge is 0.416 e. The van der Waals surface area contributed by atoms with Crippen molar-refractivity contribution in [2.24, 2.45) is 0 Å². The van der Waals surface area contributed by atoms with Crippen molar-refractivity contribution in [3.05, 3.63) is 0 Å². The molecule has 0 aliphatic carbocycles. The Morgan fingerprint density at radius 3 is 2.53 bits per heavy atom. The van der Waals surface area contributed by atoms with Crippen molar-refractivity contribution < 1.29 is 14.3 Å². The molecule has 2 amide bonds. The molecule has 1 fully saturated rings. The van der Waals surface area contributed by atoms with Gasteiger partial charge < -0.3 is 9.64 Å². The van der Waals surface area contributed by atoms with Gasteiger partial charge in [-0.2, -0.15) is 11.1 Å². The fourth-order valence-corrected chi connectivity index (χ4v) is 3.48. The first-order valence-corrected chi connectivity index (χ1v) is 7.49. The number of thiol groups is 1. The largest absolute Gasteiger partial charge is 0.443 e. The predicted molar refractivity (Wildman–Crippen MR) is 70.1 cm³/mol. The molecule has 0 spiro atoms. The number of hydrogen-bond donors (Lipinski definition) is 2. The Labute approximate surface area is 105 Å². The van der Waals surface area contributed by atoms with E-state index < -0.39 is 16.7 Å². The molecule has 0 saturated carbocycles. The molecule has 1 unspecified atom stereocenters. The van der Waals surface area contributed by atoms with Crippen LogP contribution in [0, 0.1) is 0 Å². The zero-order chi connectivity index (χ0) is 13.1. The Morgan fingerprint density at radius 2 is 2.00 bits per heavy atom. The molecule has 1 aliphatic heterocycles.